The number of pyridine rings is 1. The van der Waals surface area contributed by atoms with Crippen LogP contribution in [-0.4, -0.2) is 17.4 Å². The molecule has 0 atom stereocenters. The van der Waals surface area contributed by atoms with Crippen molar-refractivity contribution in [2.24, 2.45) is 0 Å². The van der Waals surface area contributed by atoms with Gasteiger partial charge in [-0.2, -0.15) is 0 Å². The molecule has 0 radical (unpaired) electrons. The highest BCUT2D eigenvalue weighted by atomic mass is 16.1. The van der Waals surface area contributed by atoms with Crippen molar-refractivity contribution in [3.63, 3.8) is 0 Å². The minimum absolute atomic E-state index is 0.0328. The fraction of sp³-hybridized carbons (Fsp3) is 0.400. The highest BCUT2D eigenvalue weighted by Crippen LogP contribution is 2.29. The Morgan fingerprint density at radius 3 is 2.62 bits per heavy atom. The lowest BCUT2D eigenvalue weighted by atomic mass is 9.86. The number of rotatable bonds is 6. The number of carbonyl (C=O) groups is 1. The summed E-state index contributed by atoms with van der Waals surface area (Å²) in [5.41, 5.74) is 2.54. The van der Waals surface area contributed by atoms with Crippen molar-refractivity contribution in [2.45, 2.75) is 46.0 Å². The highest BCUT2D eigenvalue weighted by Gasteiger charge is 2.19. The molecule has 0 saturated carbocycles. The van der Waals surface area contributed by atoms with Crippen LogP contribution in [0.2, 0.25) is 0 Å². The zero-order chi connectivity index (χ0) is 17.6. The van der Waals surface area contributed by atoms with Crippen LogP contribution >= 0.6 is 0 Å². The van der Waals surface area contributed by atoms with Gasteiger partial charge < -0.3 is 10.6 Å². The Labute approximate surface area is 144 Å². The van der Waals surface area contributed by atoms with Gasteiger partial charge >= 0.3 is 0 Å². The summed E-state index contributed by atoms with van der Waals surface area (Å²) in [6, 6.07) is 11.5. The number of para-hydroxylation sites is 1. The number of aromatic nitrogens is 1. The molecule has 2 aromatic rings. The van der Waals surface area contributed by atoms with E-state index in [2.05, 4.69) is 49.4 Å². The first kappa shape index (κ1) is 18.0. The number of hydrogen-bond acceptors (Lipinski definition) is 3. The van der Waals surface area contributed by atoms with Crippen molar-refractivity contribution in [2.75, 3.05) is 17.2 Å². The monoisotopic (exact) mass is 325 g/mol. The smallest absolute Gasteiger partial charge is 0.255 e. The number of benzene rings is 1. The molecule has 128 valence electrons. The maximum atomic E-state index is 12.6. The standard InChI is InChI=1S/C20H27N3O/c1-5-6-12-21-18-14-15(11-13-22-18)19(24)23-17-10-8-7-9-16(17)20(2,3)4/h7-11,13-14H,5-6,12H2,1-4H3,(H,21,22)(H,23,24). The molecule has 4 nitrogen and oxygen atoms in total. The van der Waals surface area contributed by atoms with E-state index >= 15 is 0 Å². The minimum atomic E-state index is -0.118. The Bertz CT molecular complexity index is 689. The van der Waals surface area contributed by atoms with Crippen LogP contribution in [0.5, 0.6) is 0 Å². The number of hydrogen-bond donors (Lipinski definition) is 2. The second kappa shape index (κ2) is 7.95. The van der Waals surface area contributed by atoms with E-state index < -0.39 is 0 Å². The highest BCUT2D eigenvalue weighted by molar-refractivity contribution is 6.05. The second-order valence-electron chi connectivity index (χ2n) is 6.96. The summed E-state index contributed by atoms with van der Waals surface area (Å²) in [5.74, 6) is 0.618. The Morgan fingerprint density at radius 2 is 1.92 bits per heavy atom. The van der Waals surface area contributed by atoms with Gasteiger partial charge in [-0.1, -0.05) is 52.3 Å². The molecule has 1 heterocycles. The summed E-state index contributed by atoms with van der Waals surface area (Å²) in [5, 5.41) is 6.28. The zero-order valence-electron chi connectivity index (χ0n) is 15.0. The predicted octanol–water partition coefficient (Wildman–Crippen LogP) is 4.84. The van der Waals surface area contributed by atoms with E-state index in [1.54, 1.807) is 18.3 Å². The first-order chi connectivity index (χ1) is 11.4. The van der Waals surface area contributed by atoms with Gasteiger partial charge in [0.1, 0.15) is 5.82 Å². The van der Waals surface area contributed by atoms with Crippen molar-refractivity contribution in [1.82, 2.24) is 4.98 Å². The SMILES string of the molecule is CCCCNc1cc(C(=O)Nc2ccccc2C(C)(C)C)ccn1. The Balaban J connectivity index is 2.15. The maximum absolute atomic E-state index is 12.6. The molecule has 0 fully saturated rings. The summed E-state index contributed by atoms with van der Waals surface area (Å²) in [6.07, 6.45) is 3.87. The van der Waals surface area contributed by atoms with Gasteiger partial charge in [-0.15, -0.1) is 0 Å². The number of nitrogens with zero attached hydrogens (tertiary/aromatic N) is 1. The van der Waals surface area contributed by atoms with Crippen molar-refractivity contribution in [3.8, 4) is 0 Å². The fourth-order valence-electron chi connectivity index (χ4n) is 2.50. The molecule has 24 heavy (non-hydrogen) atoms. The van der Waals surface area contributed by atoms with Crippen molar-refractivity contribution in [1.29, 1.82) is 0 Å². The summed E-state index contributed by atoms with van der Waals surface area (Å²) in [4.78, 5) is 16.9. The molecule has 0 aliphatic carbocycles. The third-order valence-corrected chi connectivity index (χ3v) is 3.84. The second-order valence-corrected chi connectivity index (χ2v) is 6.96. The normalized spacial score (nSPS) is 11.2. The molecule has 1 aromatic heterocycles. The third-order valence-electron chi connectivity index (χ3n) is 3.84. The Hall–Kier alpha value is -2.36. The fourth-order valence-corrected chi connectivity index (χ4v) is 2.50. The lowest BCUT2D eigenvalue weighted by Gasteiger charge is -2.23. The number of anilines is 2. The molecule has 1 aromatic carbocycles. The molecular formula is C20H27N3O. The van der Waals surface area contributed by atoms with Gasteiger partial charge in [0.15, 0.2) is 0 Å². The summed E-state index contributed by atoms with van der Waals surface area (Å²) in [6.45, 7) is 9.42. The van der Waals surface area contributed by atoms with Crippen molar-refractivity contribution in [3.05, 3.63) is 53.7 Å². The lowest BCUT2D eigenvalue weighted by Crippen LogP contribution is -2.19. The quantitative estimate of drug-likeness (QED) is 0.747. The van der Waals surface area contributed by atoms with E-state index in [1.807, 2.05) is 18.2 Å². The average Bonchev–Trinajstić information content (AvgIpc) is 2.55. The number of unbranched alkanes of at least 4 members (excludes halogenated alkanes) is 1. The maximum Gasteiger partial charge on any atom is 0.255 e. The zero-order valence-corrected chi connectivity index (χ0v) is 15.0. The summed E-state index contributed by atoms with van der Waals surface area (Å²) in [7, 11) is 0. The van der Waals surface area contributed by atoms with Crippen LogP contribution in [0.1, 0.15) is 56.5 Å². The first-order valence-electron chi connectivity index (χ1n) is 8.52. The topological polar surface area (TPSA) is 54.0 Å². The van der Waals surface area contributed by atoms with Gasteiger partial charge in [0, 0.05) is 24.0 Å². The molecule has 0 unspecified atom stereocenters. The molecule has 0 aliphatic heterocycles. The van der Waals surface area contributed by atoms with Crippen LogP contribution < -0.4 is 10.6 Å². The van der Waals surface area contributed by atoms with Crippen LogP contribution in [0, 0.1) is 0 Å². The number of nitrogens with one attached hydrogen (secondary N) is 2. The predicted molar refractivity (Wildman–Crippen MR) is 101 cm³/mol. The lowest BCUT2D eigenvalue weighted by molar-refractivity contribution is 0.102. The van der Waals surface area contributed by atoms with Crippen LogP contribution in [0.15, 0.2) is 42.6 Å². The number of carbonyl (C=O) groups excluding carboxylic acids is 1. The van der Waals surface area contributed by atoms with E-state index in [0.29, 0.717) is 5.56 Å². The Kier molecular flexibility index (Phi) is 5.96. The minimum Gasteiger partial charge on any atom is -0.370 e. The van der Waals surface area contributed by atoms with Crippen LogP contribution in [0.3, 0.4) is 0 Å². The van der Waals surface area contributed by atoms with E-state index in [1.165, 1.54) is 0 Å². The van der Waals surface area contributed by atoms with Crippen LogP contribution in [-0.2, 0) is 5.41 Å². The largest absolute Gasteiger partial charge is 0.370 e. The first-order valence-corrected chi connectivity index (χ1v) is 8.52. The van der Waals surface area contributed by atoms with E-state index in [9.17, 15) is 4.79 Å². The van der Waals surface area contributed by atoms with Crippen molar-refractivity contribution >= 4 is 17.4 Å². The van der Waals surface area contributed by atoms with Gasteiger partial charge in [0.05, 0.1) is 0 Å². The average molecular weight is 325 g/mol. The molecule has 4 heteroatoms. The summed E-state index contributed by atoms with van der Waals surface area (Å²) < 4.78 is 0. The van der Waals surface area contributed by atoms with E-state index in [0.717, 1.165) is 36.5 Å². The molecule has 2 rings (SSSR count). The van der Waals surface area contributed by atoms with E-state index in [-0.39, 0.29) is 11.3 Å². The van der Waals surface area contributed by atoms with Crippen LogP contribution in [0.25, 0.3) is 0 Å². The number of amides is 1. The molecule has 0 aliphatic rings. The van der Waals surface area contributed by atoms with Crippen molar-refractivity contribution < 1.29 is 4.79 Å². The molecule has 2 N–H and O–H groups in total. The van der Waals surface area contributed by atoms with Gasteiger partial charge in [-0.25, -0.2) is 4.98 Å². The summed E-state index contributed by atoms with van der Waals surface area (Å²) >= 11 is 0. The van der Waals surface area contributed by atoms with Gasteiger partial charge in [0.25, 0.3) is 5.91 Å². The molecule has 1 amide bonds. The van der Waals surface area contributed by atoms with Gasteiger partial charge in [0.2, 0.25) is 0 Å². The Morgan fingerprint density at radius 1 is 1.17 bits per heavy atom. The third kappa shape index (κ3) is 4.82. The molecular weight excluding hydrogens is 298 g/mol. The van der Waals surface area contributed by atoms with E-state index in [4.69, 9.17) is 0 Å². The van der Waals surface area contributed by atoms with Gasteiger partial charge in [-0.3, -0.25) is 4.79 Å². The van der Waals surface area contributed by atoms with Gasteiger partial charge in [-0.05, 0) is 35.6 Å². The molecule has 0 bridgehead atoms. The molecule has 0 saturated heterocycles. The molecule has 0 spiro atoms. The van der Waals surface area contributed by atoms with Crippen LogP contribution in [0.4, 0.5) is 11.5 Å².